The molecule has 5 atom stereocenters. The van der Waals surface area contributed by atoms with Gasteiger partial charge in [0.1, 0.15) is 24.1 Å². The minimum Gasteiger partial charge on any atom is -0.462 e. The van der Waals surface area contributed by atoms with Crippen molar-refractivity contribution >= 4 is 16.8 Å². The van der Waals surface area contributed by atoms with E-state index in [4.69, 9.17) is 9.47 Å². The Hall–Kier alpha value is -2.13. The van der Waals surface area contributed by atoms with E-state index in [1.54, 1.807) is 13.0 Å². The maximum Gasteiger partial charge on any atom is 0.229 e. The lowest BCUT2D eigenvalue weighted by Gasteiger charge is -2.38. The van der Waals surface area contributed by atoms with E-state index in [0.29, 0.717) is 18.7 Å². The van der Waals surface area contributed by atoms with E-state index in [2.05, 4.69) is 10.3 Å². The normalized spacial score (nSPS) is 28.9. The second kappa shape index (κ2) is 7.63. The maximum absolute atomic E-state index is 11.0. The lowest BCUT2D eigenvalue weighted by Crippen LogP contribution is -2.58. The molecule has 0 spiro atoms. The number of nitrogens with one attached hydrogen (secondary N) is 2. The highest BCUT2D eigenvalue weighted by Crippen LogP contribution is 2.28. The van der Waals surface area contributed by atoms with Gasteiger partial charge in [-0.15, -0.1) is 0 Å². The Balaban J connectivity index is 1.75. The molecule has 1 aliphatic rings. The van der Waals surface area contributed by atoms with Crippen LogP contribution < -0.4 is 10.1 Å². The van der Waals surface area contributed by atoms with Crippen LogP contribution in [0.1, 0.15) is 19.4 Å². The predicted molar refractivity (Wildman–Crippen MR) is 93.7 cm³/mol. The number of aliphatic hydroxyl groups excluding tert-OH is 3. The topological polar surface area (TPSA) is 124 Å². The molecular formula is C18H24N2O6. The van der Waals surface area contributed by atoms with Crippen LogP contribution in [0, 0.1) is 0 Å². The van der Waals surface area contributed by atoms with Crippen molar-refractivity contribution in [2.75, 3.05) is 6.54 Å². The Kier molecular flexibility index (Phi) is 5.47. The number of benzene rings is 1. The van der Waals surface area contributed by atoms with Crippen molar-refractivity contribution in [2.45, 2.75) is 51.0 Å². The number of carbonyl (C=O) groups excluding carboxylic acids is 1. The molecule has 2 aromatic rings. The summed E-state index contributed by atoms with van der Waals surface area (Å²) >= 11 is 0. The predicted octanol–water partition coefficient (Wildman–Crippen LogP) is 0.0528. The smallest absolute Gasteiger partial charge is 0.229 e. The fourth-order valence-electron chi connectivity index (χ4n) is 3.06. The van der Waals surface area contributed by atoms with E-state index < -0.39 is 30.7 Å². The van der Waals surface area contributed by atoms with Gasteiger partial charge in [-0.05, 0) is 37.1 Å². The second-order valence-corrected chi connectivity index (χ2v) is 6.55. The summed E-state index contributed by atoms with van der Waals surface area (Å²) in [5.74, 6) is 0.393. The molecular weight excluding hydrogens is 340 g/mol. The molecule has 8 nitrogen and oxygen atoms in total. The van der Waals surface area contributed by atoms with Gasteiger partial charge >= 0.3 is 0 Å². The van der Waals surface area contributed by atoms with Crippen LogP contribution in [0.4, 0.5) is 0 Å². The van der Waals surface area contributed by atoms with Crippen molar-refractivity contribution in [2.24, 2.45) is 0 Å². The molecule has 0 unspecified atom stereocenters. The van der Waals surface area contributed by atoms with Crippen molar-refractivity contribution in [3.8, 4) is 5.75 Å². The molecule has 1 aromatic carbocycles. The lowest BCUT2D eigenvalue weighted by atomic mass is 10.00. The van der Waals surface area contributed by atoms with Gasteiger partial charge in [-0.25, -0.2) is 0 Å². The summed E-state index contributed by atoms with van der Waals surface area (Å²) in [6.07, 6.45) is -3.07. The molecule has 1 fully saturated rings. The number of amides is 1. The first kappa shape index (κ1) is 18.7. The molecule has 0 aliphatic carbocycles. The number of aromatic nitrogens is 1. The van der Waals surface area contributed by atoms with Gasteiger partial charge in [0.25, 0.3) is 0 Å². The molecule has 0 saturated carbocycles. The number of aliphatic hydroxyl groups is 3. The number of carbonyl (C=O) groups is 1. The van der Waals surface area contributed by atoms with Crippen molar-refractivity contribution in [1.82, 2.24) is 10.3 Å². The Morgan fingerprint density at radius 3 is 2.77 bits per heavy atom. The minimum absolute atomic E-state index is 0.0767. The van der Waals surface area contributed by atoms with Gasteiger partial charge in [-0.2, -0.15) is 0 Å². The Bertz CT molecular complexity index is 776. The molecule has 5 N–H and O–H groups in total. The molecule has 0 radical (unpaired) electrons. The molecule has 142 valence electrons. The average molecular weight is 364 g/mol. The maximum atomic E-state index is 11.0. The molecule has 26 heavy (non-hydrogen) atoms. The fourth-order valence-corrected chi connectivity index (χ4v) is 3.06. The highest BCUT2D eigenvalue weighted by Gasteiger charge is 2.43. The summed E-state index contributed by atoms with van der Waals surface area (Å²) in [5, 5.41) is 33.4. The third-order valence-corrected chi connectivity index (χ3v) is 4.57. The van der Waals surface area contributed by atoms with Crippen LogP contribution in [0.15, 0.2) is 24.4 Å². The summed E-state index contributed by atoms with van der Waals surface area (Å²) in [4.78, 5) is 14.2. The number of hydrogen-bond donors (Lipinski definition) is 5. The molecule has 1 aliphatic heterocycles. The van der Waals surface area contributed by atoms with Crippen molar-refractivity contribution in [3.05, 3.63) is 30.0 Å². The lowest BCUT2D eigenvalue weighted by molar-refractivity contribution is -0.268. The van der Waals surface area contributed by atoms with E-state index in [-0.39, 0.29) is 5.91 Å². The summed E-state index contributed by atoms with van der Waals surface area (Å²) in [6, 6.07) is 5.39. The molecule has 1 aromatic heterocycles. The Morgan fingerprint density at radius 2 is 2.04 bits per heavy atom. The van der Waals surface area contributed by atoms with Crippen LogP contribution >= 0.6 is 0 Å². The third-order valence-electron chi connectivity index (χ3n) is 4.57. The number of H-pyrrole nitrogens is 1. The van der Waals surface area contributed by atoms with Crippen LogP contribution in [0.2, 0.25) is 0 Å². The largest absolute Gasteiger partial charge is 0.462 e. The molecule has 0 bridgehead atoms. The highest BCUT2D eigenvalue weighted by molar-refractivity contribution is 5.84. The van der Waals surface area contributed by atoms with E-state index in [1.165, 1.54) is 6.92 Å². The number of ether oxygens (including phenoxy) is 2. The third kappa shape index (κ3) is 3.83. The summed E-state index contributed by atoms with van der Waals surface area (Å²) < 4.78 is 11.2. The number of fused-ring (bicyclic) bond motifs is 1. The number of hydrogen-bond acceptors (Lipinski definition) is 6. The van der Waals surface area contributed by atoms with Gasteiger partial charge in [-0.3, -0.25) is 4.79 Å². The van der Waals surface area contributed by atoms with Gasteiger partial charge in [0, 0.05) is 30.6 Å². The van der Waals surface area contributed by atoms with Gasteiger partial charge in [0.05, 0.1) is 6.10 Å². The number of aromatic amines is 1. The van der Waals surface area contributed by atoms with Gasteiger partial charge in [0.15, 0.2) is 0 Å². The standard InChI is InChI=1S/C18H24N2O6/c1-9-15(22)16(23)17(24)18(25-9)26-12-3-4-14-13(7-12)11(8-20-14)5-6-19-10(2)21/h3-4,7-9,15-18,20,22-24H,5-6H2,1-2H3,(H,19,21)/t9-,15-,16+,17+,18-/m0/s1. The van der Waals surface area contributed by atoms with Crippen molar-refractivity contribution in [1.29, 1.82) is 0 Å². The fraction of sp³-hybridized carbons (Fsp3) is 0.500. The SMILES string of the molecule is CC(=O)NCCc1c[nH]c2ccc(O[C@@H]3O[C@@H](C)[C@H](O)[C@@H](O)[C@H]3O)cc12. The van der Waals surface area contributed by atoms with Crippen LogP contribution in [-0.4, -0.2) is 63.5 Å². The molecule has 8 heteroatoms. The van der Waals surface area contributed by atoms with E-state index >= 15 is 0 Å². The zero-order chi connectivity index (χ0) is 18.8. The first-order valence-corrected chi connectivity index (χ1v) is 8.57. The van der Waals surface area contributed by atoms with Crippen LogP contribution in [0.3, 0.4) is 0 Å². The minimum atomic E-state index is -1.36. The first-order chi connectivity index (χ1) is 12.4. The Labute approximate surface area is 150 Å². The zero-order valence-corrected chi connectivity index (χ0v) is 14.7. The molecule has 2 heterocycles. The molecule has 1 saturated heterocycles. The highest BCUT2D eigenvalue weighted by atomic mass is 16.7. The quantitative estimate of drug-likeness (QED) is 0.511. The molecule has 1 amide bonds. The summed E-state index contributed by atoms with van der Waals surface area (Å²) in [6.45, 7) is 3.61. The second-order valence-electron chi connectivity index (χ2n) is 6.55. The summed E-state index contributed by atoms with van der Waals surface area (Å²) in [7, 11) is 0. The first-order valence-electron chi connectivity index (χ1n) is 8.57. The molecule has 3 rings (SSSR count). The monoisotopic (exact) mass is 364 g/mol. The average Bonchev–Trinajstić information content (AvgIpc) is 3.00. The van der Waals surface area contributed by atoms with Gasteiger partial charge in [-0.1, -0.05) is 0 Å². The van der Waals surface area contributed by atoms with E-state index in [9.17, 15) is 20.1 Å². The van der Waals surface area contributed by atoms with E-state index in [1.807, 2.05) is 18.3 Å². The zero-order valence-electron chi connectivity index (χ0n) is 14.7. The van der Waals surface area contributed by atoms with E-state index in [0.717, 1.165) is 16.5 Å². The van der Waals surface area contributed by atoms with Crippen molar-refractivity contribution in [3.63, 3.8) is 0 Å². The van der Waals surface area contributed by atoms with Crippen LogP contribution in [0.25, 0.3) is 10.9 Å². The van der Waals surface area contributed by atoms with Crippen LogP contribution in [0.5, 0.6) is 5.75 Å². The van der Waals surface area contributed by atoms with Gasteiger partial charge in [0.2, 0.25) is 12.2 Å². The van der Waals surface area contributed by atoms with Crippen molar-refractivity contribution < 1.29 is 29.6 Å². The van der Waals surface area contributed by atoms with Crippen LogP contribution in [-0.2, 0) is 16.0 Å². The number of rotatable bonds is 5. The Morgan fingerprint density at radius 1 is 1.27 bits per heavy atom. The summed E-state index contributed by atoms with van der Waals surface area (Å²) in [5.41, 5.74) is 1.94. The van der Waals surface area contributed by atoms with Gasteiger partial charge < -0.3 is 35.1 Å².